The van der Waals surface area contributed by atoms with Crippen LogP contribution < -0.4 is 5.32 Å². The number of hydrogen-bond donors (Lipinski definition) is 1. The summed E-state index contributed by atoms with van der Waals surface area (Å²) in [5, 5.41) is 14.2. The molecule has 0 radical (unpaired) electrons. The number of halogens is 2. The molecule has 2 aromatic carbocycles. The molecule has 2 rings (SSSR count). The van der Waals surface area contributed by atoms with Crippen molar-refractivity contribution in [1.82, 2.24) is 5.32 Å². The molecule has 1 N–H and O–H groups in total. The Morgan fingerprint density at radius 3 is 2.57 bits per heavy atom. The topological polar surface area (TPSA) is 55.2 Å². The molecule has 0 amide bonds. The Bertz CT molecular complexity index is 647. The highest BCUT2D eigenvalue weighted by Crippen LogP contribution is 2.24. The van der Waals surface area contributed by atoms with Crippen molar-refractivity contribution in [2.24, 2.45) is 0 Å². The summed E-state index contributed by atoms with van der Waals surface area (Å²) >= 11 is 3.31. The van der Waals surface area contributed by atoms with E-state index in [1.807, 2.05) is 6.92 Å². The van der Waals surface area contributed by atoms with Gasteiger partial charge in [-0.3, -0.25) is 10.1 Å². The number of nitrogens with zero attached hydrogens (tertiary/aromatic N) is 1. The zero-order valence-corrected chi connectivity index (χ0v) is 12.9. The van der Waals surface area contributed by atoms with Crippen LogP contribution in [0.4, 0.5) is 10.1 Å². The van der Waals surface area contributed by atoms with E-state index in [0.717, 1.165) is 10.0 Å². The lowest BCUT2D eigenvalue weighted by Gasteiger charge is -2.14. The molecule has 0 unspecified atom stereocenters. The zero-order chi connectivity index (χ0) is 15.4. The van der Waals surface area contributed by atoms with Gasteiger partial charge in [0.15, 0.2) is 0 Å². The van der Waals surface area contributed by atoms with Gasteiger partial charge >= 0.3 is 0 Å². The quantitative estimate of drug-likeness (QED) is 0.642. The summed E-state index contributed by atoms with van der Waals surface area (Å²) in [6.45, 7) is 2.28. The fourth-order valence-electron chi connectivity index (χ4n) is 2.01. The molecule has 0 heterocycles. The fourth-order valence-corrected chi connectivity index (χ4v) is 2.41. The number of rotatable bonds is 5. The number of hydrogen-bond acceptors (Lipinski definition) is 3. The minimum atomic E-state index is -0.397. The molecule has 6 heteroatoms. The van der Waals surface area contributed by atoms with Gasteiger partial charge in [0.05, 0.1) is 4.92 Å². The third-order valence-corrected chi connectivity index (χ3v) is 3.70. The third-order valence-electron chi connectivity index (χ3n) is 3.21. The van der Waals surface area contributed by atoms with E-state index in [0.29, 0.717) is 12.1 Å². The Morgan fingerprint density at radius 1 is 1.29 bits per heavy atom. The van der Waals surface area contributed by atoms with Crippen LogP contribution in [0.5, 0.6) is 0 Å². The van der Waals surface area contributed by atoms with Crippen LogP contribution >= 0.6 is 15.9 Å². The largest absolute Gasteiger partial charge is 0.306 e. The Balaban J connectivity index is 2.10. The highest BCUT2D eigenvalue weighted by molar-refractivity contribution is 9.10. The first-order chi connectivity index (χ1) is 9.97. The number of benzene rings is 2. The van der Waals surface area contributed by atoms with Crippen LogP contribution in [-0.2, 0) is 6.54 Å². The summed E-state index contributed by atoms with van der Waals surface area (Å²) in [5.74, 6) is -0.284. The van der Waals surface area contributed by atoms with Gasteiger partial charge in [-0.25, -0.2) is 4.39 Å². The van der Waals surface area contributed by atoms with Crippen LogP contribution in [0.1, 0.15) is 24.1 Å². The van der Waals surface area contributed by atoms with Gasteiger partial charge in [0.2, 0.25) is 0 Å². The van der Waals surface area contributed by atoms with Crippen molar-refractivity contribution in [3.8, 4) is 0 Å². The van der Waals surface area contributed by atoms with Gasteiger partial charge in [-0.05, 0) is 36.8 Å². The van der Waals surface area contributed by atoms with E-state index in [-0.39, 0.29) is 17.5 Å². The fraction of sp³-hybridized carbons (Fsp3) is 0.200. The van der Waals surface area contributed by atoms with Gasteiger partial charge in [0, 0.05) is 28.7 Å². The van der Waals surface area contributed by atoms with Gasteiger partial charge in [0.25, 0.3) is 5.69 Å². The highest BCUT2D eigenvalue weighted by atomic mass is 79.9. The van der Waals surface area contributed by atoms with Crippen LogP contribution in [0, 0.1) is 15.9 Å². The molecule has 0 aliphatic heterocycles. The van der Waals surface area contributed by atoms with Crippen molar-refractivity contribution < 1.29 is 9.31 Å². The maximum absolute atomic E-state index is 12.9. The maximum atomic E-state index is 12.9. The number of nitro groups is 1. The summed E-state index contributed by atoms with van der Waals surface area (Å²) in [7, 11) is 0. The average molecular weight is 353 g/mol. The Kier molecular flexibility index (Phi) is 5.03. The van der Waals surface area contributed by atoms with Crippen molar-refractivity contribution in [2.45, 2.75) is 19.5 Å². The summed E-state index contributed by atoms with van der Waals surface area (Å²) in [6.07, 6.45) is 0. The molecule has 0 aliphatic carbocycles. The van der Waals surface area contributed by atoms with Crippen molar-refractivity contribution in [2.75, 3.05) is 0 Å². The predicted molar refractivity (Wildman–Crippen MR) is 82.5 cm³/mol. The average Bonchev–Trinajstić information content (AvgIpc) is 2.45. The van der Waals surface area contributed by atoms with Gasteiger partial charge < -0.3 is 5.32 Å². The SMILES string of the molecule is C[C@H](NCc1cc(Br)ccc1[N+](=O)[O-])c1ccc(F)cc1. The van der Waals surface area contributed by atoms with Crippen LogP contribution in [-0.4, -0.2) is 4.92 Å². The third kappa shape index (κ3) is 4.09. The summed E-state index contributed by atoms with van der Waals surface area (Å²) in [4.78, 5) is 10.6. The Hall–Kier alpha value is -1.79. The lowest BCUT2D eigenvalue weighted by molar-refractivity contribution is -0.385. The monoisotopic (exact) mass is 352 g/mol. The lowest BCUT2D eigenvalue weighted by atomic mass is 10.1. The molecule has 0 saturated carbocycles. The minimum absolute atomic E-state index is 0.0378. The molecule has 110 valence electrons. The van der Waals surface area contributed by atoms with Gasteiger partial charge in [0.1, 0.15) is 5.82 Å². The molecule has 21 heavy (non-hydrogen) atoms. The Labute approximate surface area is 130 Å². The van der Waals surface area contributed by atoms with Gasteiger partial charge in [-0.1, -0.05) is 28.1 Å². The van der Waals surface area contributed by atoms with E-state index in [2.05, 4.69) is 21.2 Å². The van der Waals surface area contributed by atoms with E-state index in [4.69, 9.17) is 0 Å². The normalized spacial score (nSPS) is 12.1. The van der Waals surface area contributed by atoms with E-state index in [1.54, 1.807) is 24.3 Å². The molecule has 0 aliphatic rings. The molecule has 1 atom stereocenters. The van der Waals surface area contributed by atoms with Crippen LogP contribution in [0.3, 0.4) is 0 Å². The molecule has 0 saturated heterocycles. The van der Waals surface area contributed by atoms with E-state index >= 15 is 0 Å². The second-order valence-electron chi connectivity index (χ2n) is 4.68. The molecule has 4 nitrogen and oxygen atoms in total. The Morgan fingerprint density at radius 2 is 1.95 bits per heavy atom. The molecule has 0 aromatic heterocycles. The summed E-state index contributed by atoms with van der Waals surface area (Å²) < 4.78 is 13.7. The van der Waals surface area contributed by atoms with E-state index < -0.39 is 4.92 Å². The standard InChI is InChI=1S/C15H14BrFN2O2/c1-10(11-2-5-14(17)6-3-11)18-9-12-8-13(16)4-7-15(12)19(20)21/h2-8,10,18H,9H2,1H3/t10-/m0/s1. The van der Waals surface area contributed by atoms with Gasteiger partial charge in [-0.2, -0.15) is 0 Å². The smallest absolute Gasteiger partial charge is 0.273 e. The first-order valence-corrected chi connectivity index (χ1v) is 7.18. The second kappa shape index (κ2) is 6.78. The second-order valence-corrected chi connectivity index (χ2v) is 5.60. The molecular formula is C15H14BrFN2O2. The number of nitro benzene ring substituents is 1. The minimum Gasteiger partial charge on any atom is -0.306 e. The van der Waals surface area contributed by atoms with Crippen LogP contribution in [0.15, 0.2) is 46.9 Å². The highest BCUT2D eigenvalue weighted by Gasteiger charge is 2.14. The maximum Gasteiger partial charge on any atom is 0.273 e. The molecule has 0 fully saturated rings. The van der Waals surface area contributed by atoms with Crippen molar-refractivity contribution in [3.63, 3.8) is 0 Å². The number of nitrogens with one attached hydrogen (secondary N) is 1. The molecule has 0 spiro atoms. The van der Waals surface area contributed by atoms with Gasteiger partial charge in [-0.15, -0.1) is 0 Å². The summed E-state index contributed by atoms with van der Waals surface area (Å²) in [5.41, 5.74) is 1.61. The first kappa shape index (κ1) is 15.6. The molecule has 0 bridgehead atoms. The van der Waals surface area contributed by atoms with Crippen molar-refractivity contribution in [1.29, 1.82) is 0 Å². The van der Waals surface area contributed by atoms with E-state index in [1.165, 1.54) is 18.2 Å². The van der Waals surface area contributed by atoms with Crippen LogP contribution in [0.25, 0.3) is 0 Å². The van der Waals surface area contributed by atoms with E-state index in [9.17, 15) is 14.5 Å². The molecular weight excluding hydrogens is 339 g/mol. The zero-order valence-electron chi connectivity index (χ0n) is 11.3. The van der Waals surface area contributed by atoms with Crippen LogP contribution in [0.2, 0.25) is 0 Å². The molecule has 2 aromatic rings. The summed E-state index contributed by atoms with van der Waals surface area (Å²) in [6, 6.07) is 11.0. The van der Waals surface area contributed by atoms with Crippen molar-refractivity contribution in [3.05, 3.63) is 74.0 Å². The predicted octanol–water partition coefficient (Wildman–Crippen LogP) is 4.35. The lowest BCUT2D eigenvalue weighted by Crippen LogP contribution is -2.18. The van der Waals surface area contributed by atoms with Crippen molar-refractivity contribution >= 4 is 21.6 Å². The first-order valence-electron chi connectivity index (χ1n) is 6.39.